The number of nitrogens with zero attached hydrogens (tertiary/aromatic N) is 1. The molecule has 1 aliphatic heterocycles. The van der Waals surface area contributed by atoms with Crippen LogP contribution >= 0.6 is 0 Å². The maximum atomic E-state index is 11.0. The number of aliphatic hydroxyl groups excluding tert-OH is 1. The van der Waals surface area contributed by atoms with Crippen molar-refractivity contribution in [2.24, 2.45) is 0 Å². The number of hydrogen-bond donors (Lipinski definition) is 1. The molecule has 1 heterocycles. The molecule has 11 heavy (non-hydrogen) atoms. The second kappa shape index (κ2) is 3.81. The quantitative estimate of drug-likeness (QED) is 0.472. The van der Waals surface area contributed by atoms with Gasteiger partial charge >= 0.3 is 81.6 Å². The SMILES string of the molecule is COC(=O)[C@@H]1[C@@H](O)CC[N]1[Tl]. The van der Waals surface area contributed by atoms with Crippen molar-refractivity contribution in [2.75, 3.05) is 13.7 Å². The fourth-order valence-electron chi connectivity index (χ4n) is 1.21. The van der Waals surface area contributed by atoms with Crippen molar-refractivity contribution in [3.05, 3.63) is 0 Å². The van der Waals surface area contributed by atoms with Gasteiger partial charge in [-0.15, -0.1) is 0 Å². The van der Waals surface area contributed by atoms with Crippen molar-refractivity contribution in [2.45, 2.75) is 18.6 Å². The molecule has 1 N–H and O–H groups in total. The molecule has 0 saturated carbocycles. The molecule has 1 saturated heterocycles. The molecule has 1 aliphatic rings. The van der Waals surface area contributed by atoms with E-state index >= 15 is 0 Å². The summed E-state index contributed by atoms with van der Waals surface area (Å²) in [6.07, 6.45) is 0.170. The number of rotatable bonds is 1. The molecule has 0 aliphatic carbocycles. The van der Waals surface area contributed by atoms with Gasteiger partial charge in [-0.3, -0.25) is 0 Å². The van der Waals surface area contributed by atoms with E-state index < -0.39 is 6.10 Å². The molecule has 60 valence electrons. The average Bonchev–Trinajstić information content (AvgIpc) is 2.30. The minimum atomic E-state index is -0.521. The Hall–Kier alpha value is 0.312. The van der Waals surface area contributed by atoms with Crippen molar-refractivity contribution < 1.29 is 14.6 Å². The van der Waals surface area contributed by atoms with Crippen molar-refractivity contribution in [3.8, 4) is 0 Å². The van der Waals surface area contributed by atoms with Crippen LogP contribution in [0.1, 0.15) is 6.42 Å². The minimum absolute atomic E-state index is 0.308. The second-order valence-corrected chi connectivity index (χ2v) is 5.14. The molecular weight excluding hydrogens is 338 g/mol. The van der Waals surface area contributed by atoms with Crippen LogP contribution in [0.25, 0.3) is 0 Å². The van der Waals surface area contributed by atoms with E-state index in [4.69, 9.17) is 0 Å². The van der Waals surface area contributed by atoms with Crippen LogP contribution in [0.2, 0.25) is 0 Å². The molecule has 0 aromatic carbocycles. The first kappa shape index (κ1) is 9.40. The summed E-state index contributed by atoms with van der Waals surface area (Å²) < 4.78 is 6.53. The summed E-state index contributed by atoms with van der Waals surface area (Å²) >= 11 is 0.598. The zero-order valence-electron chi connectivity index (χ0n) is 6.36. The Kier molecular flexibility index (Phi) is 3.26. The predicted octanol–water partition coefficient (Wildman–Crippen LogP) is -1.32. The number of carbonyl (C=O) groups excluding carboxylic acids is 1. The molecule has 0 aromatic rings. The van der Waals surface area contributed by atoms with Crippen LogP contribution in [0, 0.1) is 0 Å². The monoisotopic (exact) mass is 349 g/mol. The Bertz CT molecular complexity index is 154. The summed E-state index contributed by atoms with van der Waals surface area (Å²) in [6, 6.07) is -0.384. The molecule has 5 heteroatoms. The molecule has 0 radical (unpaired) electrons. The maximum absolute atomic E-state index is 11.0. The van der Waals surface area contributed by atoms with Crippen molar-refractivity contribution in [1.82, 2.24) is 2.71 Å². The predicted molar refractivity (Wildman–Crippen MR) is 38.9 cm³/mol. The third-order valence-corrected chi connectivity index (χ3v) is 4.10. The van der Waals surface area contributed by atoms with Crippen molar-refractivity contribution >= 4 is 32.0 Å². The normalized spacial score (nSPS) is 32.1. The summed E-state index contributed by atoms with van der Waals surface area (Å²) in [5.41, 5.74) is 0. The molecule has 0 unspecified atom stereocenters. The third kappa shape index (κ3) is 1.91. The van der Waals surface area contributed by atoms with Gasteiger partial charge in [0.25, 0.3) is 0 Å². The van der Waals surface area contributed by atoms with E-state index in [9.17, 15) is 9.90 Å². The van der Waals surface area contributed by atoms with E-state index in [-0.39, 0.29) is 12.0 Å². The van der Waals surface area contributed by atoms with Crippen molar-refractivity contribution in [3.63, 3.8) is 0 Å². The van der Waals surface area contributed by atoms with E-state index in [1.807, 2.05) is 2.71 Å². The van der Waals surface area contributed by atoms with Crippen LogP contribution in [0.4, 0.5) is 0 Å². The zero-order chi connectivity index (χ0) is 8.43. The number of aliphatic hydroxyl groups is 1. The molecule has 0 spiro atoms. The number of methoxy groups -OCH3 is 1. The van der Waals surface area contributed by atoms with Crippen molar-refractivity contribution in [1.29, 1.82) is 0 Å². The number of carbonyl (C=O) groups is 1. The number of hydrogen-bond acceptors (Lipinski definition) is 4. The van der Waals surface area contributed by atoms with Gasteiger partial charge in [0.1, 0.15) is 0 Å². The van der Waals surface area contributed by atoms with Crippen LogP contribution in [0.3, 0.4) is 0 Å². The van der Waals surface area contributed by atoms with E-state index in [1.165, 1.54) is 7.11 Å². The molecule has 1 rings (SSSR count). The van der Waals surface area contributed by atoms with Crippen LogP contribution in [0.15, 0.2) is 0 Å². The fraction of sp³-hybridized carbons (Fsp3) is 0.833. The molecule has 0 amide bonds. The third-order valence-electron chi connectivity index (χ3n) is 1.85. The zero-order valence-corrected chi connectivity index (χ0v) is 10.8. The van der Waals surface area contributed by atoms with Crippen LogP contribution in [-0.4, -0.2) is 65.7 Å². The summed E-state index contributed by atoms with van der Waals surface area (Å²) in [7, 11) is 1.35. The van der Waals surface area contributed by atoms with E-state index in [0.29, 0.717) is 32.5 Å². The van der Waals surface area contributed by atoms with Crippen LogP contribution in [0.5, 0.6) is 0 Å². The van der Waals surface area contributed by atoms with Gasteiger partial charge in [-0.1, -0.05) is 0 Å². The van der Waals surface area contributed by atoms with Gasteiger partial charge in [0, 0.05) is 0 Å². The molecule has 0 bridgehead atoms. The molecule has 1 fully saturated rings. The summed E-state index contributed by atoms with van der Waals surface area (Å²) in [4.78, 5) is 11.0. The van der Waals surface area contributed by atoms with Gasteiger partial charge in [-0.2, -0.15) is 0 Å². The van der Waals surface area contributed by atoms with Gasteiger partial charge in [0.15, 0.2) is 0 Å². The van der Waals surface area contributed by atoms with E-state index in [2.05, 4.69) is 4.74 Å². The Morgan fingerprint density at radius 2 is 2.45 bits per heavy atom. The summed E-state index contributed by atoms with van der Waals surface area (Å²) in [5.74, 6) is -0.308. The molecule has 0 aromatic heterocycles. The molecule has 2 atom stereocenters. The fourth-order valence-corrected chi connectivity index (χ4v) is 3.04. The first-order valence-electron chi connectivity index (χ1n) is 3.44. The average molecular weight is 349 g/mol. The van der Waals surface area contributed by atoms with Gasteiger partial charge in [0.05, 0.1) is 0 Å². The number of ether oxygens (including phenoxy) is 1. The van der Waals surface area contributed by atoms with Gasteiger partial charge in [-0.25, -0.2) is 0 Å². The van der Waals surface area contributed by atoms with Gasteiger partial charge in [0.2, 0.25) is 0 Å². The summed E-state index contributed by atoms with van der Waals surface area (Å²) in [6.45, 7) is 0.825. The van der Waals surface area contributed by atoms with Crippen LogP contribution < -0.4 is 0 Å². The first-order valence-corrected chi connectivity index (χ1v) is 5.45. The van der Waals surface area contributed by atoms with Gasteiger partial charge < -0.3 is 0 Å². The Balaban J connectivity index is 2.60. The molecule has 4 nitrogen and oxygen atoms in total. The van der Waals surface area contributed by atoms with E-state index in [0.717, 1.165) is 6.54 Å². The molecular formula is C6H10NO3Tl. The van der Waals surface area contributed by atoms with E-state index in [1.54, 1.807) is 0 Å². The Morgan fingerprint density at radius 1 is 1.82 bits per heavy atom. The second-order valence-electron chi connectivity index (χ2n) is 2.56. The topological polar surface area (TPSA) is 49.8 Å². The Morgan fingerprint density at radius 3 is 2.82 bits per heavy atom. The Labute approximate surface area is 81.6 Å². The van der Waals surface area contributed by atoms with Gasteiger partial charge in [-0.05, 0) is 0 Å². The van der Waals surface area contributed by atoms with Crippen LogP contribution in [-0.2, 0) is 9.53 Å². The number of esters is 1. The summed E-state index contributed by atoms with van der Waals surface area (Å²) in [5, 5.41) is 9.35. The standard InChI is InChI=1S/C6H10NO3.Tl/c1-10-6(9)5-4(8)2-3-7-5;/h4-5,8H,2-3H2,1H3;/q-1;+1/t4-,5-;/m0./s1. The first-order chi connectivity index (χ1) is 5.16.